The average molecular weight is 252 g/mol. The number of anilines is 1. The predicted molar refractivity (Wildman–Crippen MR) is 63.5 cm³/mol. The Labute approximate surface area is 103 Å². The lowest BCUT2D eigenvalue weighted by Crippen LogP contribution is -2.24. The normalized spacial score (nSPS) is 10.2. The summed E-state index contributed by atoms with van der Waals surface area (Å²) in [5.41, 5.74) is 6.30. The van der Waals surface area contributed by atoms with Gasteiger partial charge in [-0.2, -0.15) is 0 Å². The zero-order chi connectivity index (χ0) is 12.3. The van der Waals surface area contributed by atoms with Crippen LogP contribution in [-0.2, 0) is 6.54 Å². The molecule has 3 N–H and O–H groups in total. The Bertz CT molecular complexity index is 505. The monoisotopic (exact) mass is 251 g/mol. The smallest absolute Gasteiger partial charge is 0.255 e. The lowest BCUT2D eigenvalue weighted by molar-refractivity contribution is 0.0948. The molecule has 5 nitrogen and oxygen atoms in total. The zero-order valence-electron chi connectivity index (χ0n) is 8.81. The zero-order valence-corrected chi connectivity index (χ0v) is 9.57. The summed E-state index contributed by atoms with van der Waals surface area (Å²) in [7, 11) is 0. The number of benzene rings is 1. The van der Waals surface area contributed by atoms with Crippen LogP contribution in [0.1, 0.15) is 16.1 Å². The van der Waals surface area contributed by atoms with Gasteiger partial charge in [0, 0.05) is 11.8 Å². The highest BCUT2D eigenvalue weighted by molar-refractivity contribution is 6.34. The molecule has 6 heteroatoms. The second-order valence-electron chi connectivity index (χ2n) is 3.37. The van der Waals surface area contributed by atoms with Gasteiger partial charge in [0.1, 0.15) is 0 Å². The minimum Gasteiger partial charge on any atom is -0.398 e. The van der Waals surface area contributed by atoms with Crippen molar-refractivity contribution in [3.63, 3.8) is 0 Å². The van der Waals surface area contributed by atoms with E-state index in [0.717, 1.165) is 0 Å². The van der Waals surface area contributed by atoms with Gasteiger partial charge in [0.2, 0.25) is 0 Å². The number of carbonyl (C=O) groups excluding carboxylic acids is 1. The number of hydrogen-bond donors (Lipinski definition) is 2. The van der Waals surface area contributed by atoms with E-state index in [-0.39, 0.29) is 18.0 Å². The van der Waals surface area contributed by atoms with E-state index in [9.17, 15) is 4.79 Å². The van der Waals surface area contributed by atoms with Crippen LogP contribution in [0.4, 0.5) is 5.69 Å². The topological polar surface area (TPSA) is 81.2 Å². The Morgan fingerprint density at radius 2 is 2.29 bits per heavy atom. The van der Waals surface area contributed by atoms with Crippen molar-refractivity contribution in [2.75, 3.05) is 5.73 Å². The van der Waals surface area contributed by atoms with Gasteiger partial charge in [-0.3, -0.25) is 4.79 Å². The van der Waals surface area contributed by atoms with Crippen LogP contribution in [0.25, 0.3) is 0 Å². The molecule has 1 amide bonds. The van der Waals surface area contributed by atoms with Crippen molar-refractivity contribution < 1.29 is 9.32 Å². The first-order valence-corrected chi connectivity index (χ1v) is 5.28. The molecule has 0 aliphatic rings. The predicted octanol–water partition coefficient (Wildman–Crippen LogP) is 1.84. The van der Waals surface area contributed by atoms with E-state index in [1.54, 1.807) is 24.3 Å². The largest absolute Gasteiger partial charge is 0.398 e. The molecule has 1 aromatic carbocycles. The minimum atomic E-state index is -0.343. The van der Waals surface area contributed by atoms with Crippen molar-refractivity contribution in [2.24, 2.45) is 0 Å². The summed E-state index contributed by atoms with van der Waals surface area (Å²) in [6.45, 7) is 0.240. The van der Waals surface area contributed by atoms with Crippen molar-refractivity contribution in [3.8, 4) is 0 Å². The maximum atomic E-state index is 11.8. The molecule has 0 radical (unpaired) electrons. The van der Waals surface area contributed by atoms with E-state index in [1.807, 2.05) is 0 Å². The van der Waals surface area contributed by atoms with Crippen LogP contribution in [0.3, 0.4) is 0 Å². The van der Waals surface area contributed by atoms with E-state index < -0.39 is 0 Å². The number of nitrogens with one attached hydrogen (secondary N) is 1. The SMILES string of the molecule is Nc1cccc(Cl)c1C(=O)NCc1ccno1. The Hall–Kier alpha value is -2.01. The summed E-state index contributed by atoms with van der Waals surface area (Å²) in [5, 5.41) is 6.50. The lowest BCUT2D eigenvalue weighted by Gasteiger charge is -2.07. The molecule has 88 valence electrons. The summed E-state index contributed by atoms with van der Waals surface area (Å²) in [6.07, 6.45) is 1.51. The van der Waals surface area contributed by atoms with Crippen LogP contribution >= 0.6 is 11.6 Å². The molecule has 1 heterocycles. The van der Waals surface area contributed by atoms with Crippen LogP contribution in [0, 0.1) is 0 Å². The molecule has 2 rings (SSSR count). The standard InChI is InChI=1S/C11H10ClN3O2/c12-8-2-1-3-9(13)10(8)11(16)14-6-7-4-5-15-17-7/h1-5H,6,13H2,(H,14,16). The molecular formula is C11H10ClN3O2. The van der Waals surface area contributed by atoms with E-state index in [0.29, 0.717) is 16.5 Å². The number of halogens is 1. The van der Waals surface area contributed by atoms with Crippen molar-refractivity contribution in [3.05, 3.63) is 46.8 Å². The Kier molecular flexibility index (Phi) is 3.30. The van der Waals surface area contributed by atoms with Crippen LogP contribution in [0.15, 0.2) is 35.0 Å². The second-order valence-corrected chi connectivity index (χ2v) is 3.77. The number of aromatic nitrogens is 1. The molecule has 2 aromatic rings. The van der Waals surface area contributed by atoms with Crippen LogP contribution in [-0.4, -0.2) is 11.1 Å². The molecule has 0 atom stereocenters. The summed E-state index contributed by atoms with van der Waals surface area (Å²) in [4.78, 5) is 11.8. The van der Waals surface area contributed by atoms with E-state index >= 15 is 0 Å². The summed E-state index contributed by atoms with van der Waals surface area (Å²) < 4.78 is 4.85. The summed E-state index contributed by atoms with van der Waals surface area (Å²) >= 11 is 5.91. The number of amides is 1. The Morgan fingerprint density at radius 3 is 2.94 bits per heavy atom. The van der Waals surface area contributed by atoms with Crippen molar-refractivity contribution in [1.29, 1.82) is 0 Å². The molecule has 0 spiro atoms. The fraction of sp³-hybridized carbons (Fsp3) is 0.0909. The highest BCUT2D eigenvalue weighted by Crippen LogP contribution is 2.21. The third-order valence-electron chi connectivity index (χ3n) is 2.19. The van der Waals surface area contributed by atoms with Crippen molar-refractivity contribution in [1.82, 2.24) is 10.5 Å². The Morgan fingerprint density at radius 1 is 1.47 bits per heavy atom. The number of nitrogens with two attached hydrogens (primary N) is 1. The highest BCUT2D eigenvalue weighted by Gasteiger charge is 2.13. The Balaban J connectivity index is 2.10. The number of nitrogens with zero attached hydrogens (tertiary/aromatic N) is 1. The first-order chi connectivity index (χ1) is 8.18. The number of carbonyl (C=O) groups is 1. The molecule has 0 saturated carbocycles. The molecule has 0 fully saturated rings. The first kappa shape index (κ1) is 11.5. The van der Waals surface area contributed by atoms with Gasteiger partial charge in [-0.05, 0) is 12.1 Å². The molecule has 0 aliphatic heterocycles. The number of rotatable bonds is 3. The second kappa shape index (κ2) is 4.88. The van der Waals surface area contributed by atoms with Crippen LogP contribution in [0.2, 0.25) is 5.02 Å². The maximum absolute atomic E-state index is 11.8. The van der Waals surface area contributed by atoms with Gasteiger partial charge in [-0.1, -0.05) is 22.8 Å². The van der Waals surface area contributed by atoms with Gasteiger partial charge in [-0.25, -0.2) is 0 Å². The minimum absolute atomic E-state index is 0.240. The number of hydrogen-bond acceptors (Lipinski definition) is 4. The fourth-order valence-electron chi connectivity index (χ4n) is 1.37. The van der Waals surface area contributed by atoms with Crippen LogP contribution < -0.4 is 11.1 Å². The van der Waals surface area contributed by atoms with E-state index in [2.05, 4.69) is 10.5 Å². The quantitative estimate of drug-likeness (QED) is 0.816. The molecule has 0 aliphatic carbocycles. The summed E-state index contributed by atoms with van der Waals surface area (Å²) in [6, 6.07) is 6.58. The van der Waals surface area contributed by atoms with Crippen molar-refractivity contribution in [2.45, 2.75) is 6.54 Å². The van der Waals surface area contributed by atoms with Gasteiger partial charge in [-0.15, -0.1) is 0 Å². The van der Waals surface area contributed by atoms with Gasteiger partial charge in [0.05, 0.1) is 23.3 Å². The molecule has 0 saturated heterocycles. The number of nitrogen functional groups attached to an aromatic ring is 1. The molecule has 1 aromatic heterocycles. The third-order valence-corrected chi connectivity index (χ3v) is 2.50. The average Bonchev–Trinajstić information content (AvgIpc) is 2.79. The molecule has 0 bridgehead atoms. The van der Waals surface area contributed by atoms with E-state index in [1.165, 1.54) is 6.20 Å². The highest BCUT2D eigenvalue weighted by atomic mass is 35.5. The van der Waals surface area contributed by atoms with E-state index in [4.69, 9.17) is 21.9 Å². The molecule has 17 heavy (non-hydrogen) atoms. The van der Waals surface area contributed by atoms with Gasteiger partial charge >= 0.3 is 0 Å². The lowest BCUT2D eigenvalue weighted by atomic mass is 10.1. The molecular weight excluding hydrogens is 242 g/mol. The third kappa shape index (κ3) is 2.57. The van der Waals surface area contributed by atoms with Crippen molar-refractivity contribution >= 4 is 23.2 Å². The van der Waals surface area contributed by atoms with Crippen LogP contribution in [0.5, 0.6) is 0 Å². The van der Waals surface area contributed by atoms with Gasteiger partial charge < -0.3 is 15.6 Å². The van der Waals surface area contributed by atoms with Gasteiger partial charge in [0.25, 0.3) is 5.91 Å². The summed E-state index contributed by atoms with van der Waals surface area (Å²) in [5.74, 6) is 0.216. The fourth-order valence-corrected chi connectivity index (χ4v) is 1.64. The van der Waals surface area contributed by atoms with Gasteiger partial charge in [0.15, 0.2) is 5.76 Å². The maximum Gasteiger partial charge on any atom is 0.255 e. The molecule has 0 unspecified atom stereocenters. The first-order valence-electron chi connectivity index (χ1n) is 4.90.